The number of amides is 1. The molecule has 2 aromatic rings. The van der Waals surface area contributed by atoms with Crippen LogP contribution in [0.4, 0.5) is 13.2 Å². The second-order valence-electron chi connectivity index (χ2n) is 6.52. The van der Waals surface area contributed by atoms with Crippen molar-refractivity contribution in [1.82, 2.24) is 14.5 Å². The van der Waals surface area contributed by atoms with Crippen molar-refractivity contribution in [3.63, 3.8) is 0 Å². The number of hydrogen-bond donors (Lipinski definition) is 1. The van der Waals surface area contributed by atoms with Gasteiger partial charge in [-0.25, -0.2) is 4.98 Å². The van der Waals surface area contributed by atoms with Crippen LogP contribution in [0.3, 0.4) is 0 Å². The van der Waals surface area contributed by atoms with E-state index in [1.807, 2.05) is 0 Å². The SMILES string of the molecule is NC(=O)Cn1c(CN2CCCC(C(F)(F)F)C2)nc2ccccc2c1=O. The van der Waals surface area contributed by atoms with Crippen LogP contribution in [0.15, 0.2) is 29.1 Å². The Hall–Kier alpha value is -2.42. The van der Waals surface area contributed by atoms with E-state index in [0.29, 0.717) is 23.9 Å². The molecule has 1 fully saturated rings. The number of hydrogen-bond acceptors (Lipinski definition) is 4. The standard InChI is InChI=1S/C17H19F3N4O2/c18-17(19,20)11-4-3-7-23(8-11)10-15-22-13-6-2-1-5-12(13)16(26)24(15)9-14(21)25/h1-2,5-6,11H,3-4,7-10H2,(H2,21,25). The monoisotopic (exact) mass is 368 g/mol. The Balaban J connectivity index is 1.95. The van der Waals surface area contributed by atoms with Gasteiger partial charge in [-0.15, -0.1) is 0 Å². The molecule has 1 aromatic heterocycles. The summed E-state index contributed by atoms with van der Waals surface area (Å²) in [5.41, 5.74) is 5.25. The fourth-order valence-electron chi connectivity index (χ4n) is 3.32. The van der Waals surface area contributed by atoms with Crippen molar-refractivity contribution in [2.24, 2.45) is 11.7 Å². The molecule has 140 valence electrons. The quantitative estimate of drug-likeness (QED) is 0.890. The molecule has 1 atom stereocenters. The molecule has 1 unspecified atom stereocenters. The Morgan fingerprint density at radius 1 is 1.31 bits per heavy atom. The highest BCUT2D eigenvalue weighted by Gasteiger charge is 2.41. The summed E-state index contributed by atoms with van der Waals surface area (Å²) in [4.78, 5) is 30.0. The topological polar surface area (TPSA) is 81.2 Å². The average molecular weight is 368 g/mol. The zero-order valence-corrected chi connectivity index (χ0v) is 14.0. The molecule has 0 aliphatic carbocycles. The molecule has 1 aliphatic heterocycles. The van der Waals surface area contributed by atoms with E-state index in [0.717, 1.165) is 4.57 Å². The van der Waals surface area contributed by atoms with Gasteiger partial charge in [-0.2, -0.15) is 13.2 Å². The van der Waals surface area contributed by atoms with E-state index < -0.39 is 23.6 Å². The van der Waals surface area contributed by atoms with Crippen LogP contribution in [0.1, 0.15) is 18.7 Å². The van der Waals surface area contributed by atoms with Crippen LogP contribution < -0.4 is 11.3 Å². The van der Waals surface area contributed by atoms with Gasteiger partial charge in [0.05, 0.1) is 23.4 Å². The summed E-state index contributed by atoms with van der Waals surface area (Å²) in [5.74, 6) is -1.86. The average Bonchev–Trinajstić information content (AvgIpc) is 2.58. The second kappa shape index (κ2) is 7.06. The first-order valence-corrected chi connectivity index (χ1v) is 8.31. The molecule has 1 saturated heterocycles. The molecule has 2 heterocycles. The van der Waals surface area contributed by atoms with Gasteiger partial charge in [0.25, 0.3) is 5.56 Å². The third-order valence-corrected chi connectivity index (χ3v) is 4.59. The Kier molecular flexibility index (Phi) is 4.99. The van der Waals surface area contributed by atoms with E-state index in [1.165, 1.54) is 0 Å². The Bertz CT molecular complexity index is 878. The van der Waals surface area contributed by atoms with Crippen LogP contribution in [-0.2, 0) is 17.9 Å². The maximum absolute atomic E-state index is 13.0. The fourth-order valence-corrected chi connectivity index (χ4v) is 3.32. The summed E-state index contributed by atoms with van der Waals surface area (Å²) >= 11 is 0. The summed E-state index contributed by atoms with van der Waals surface area (Å²) in [5, 5.41) is 0.337. The van der Waals surface area contributed by atoms with Crippen LogP contribution in [0.25, 0.3) is 10.9 Å². The molecular weight excluding hydrogens is 349 g/mol. The zero-order valence-electron chi connectivity index (χ0n) is 14.0. The lowest BCUT2D eigenvalue weighted by atomic mass is 9.97. The highest BCUT2D eigenvalue weighted by molar-refractivity contribution is 5.78. The van der Waals surface area contributed by atoms with Gasteiger partial charge in [0.1, 0.15) is 12.4 Å². The van der Waals surface area contributed by atoms with Gasteiger partial charge in [-0.05, 0) is 31.5 Å². The van der Waals surface area contributed by atoms with Gasteiger partial charge < -0.3 is 5.73 Å². The maximum Gasteiger partial charge on any atom is 0.393 e. The molecule has 1 amide bonds. The van der Waals surface area contributed by atoms with Gasteiger partial charge in [0.2, 0.25) is 5.91 Å². The minimum atomic E-state index is -4.25. The van der Waals surface area contributed by atoms with Crippen molar-refractivity contribution in [2.45, 2.75) is 32.1 Å². The number of carbonyl (C=O) groups excluding carboxylic acids is 1. The number of para-hydroxylation sites is 1. The lowest BCUT2D eigenvalue weighted by Gasteiger charge is -2.33. The number of likely N-dealkylation sites (tertiary alicyclic amines) is 1. The van der Waals surface area contributed by atoms with Crippen LogP contribution in [0, 0.1) is 5.92 Å². The molecule has 1 aliphatic rings. The summed E-state index contributed by atoms with van der Waals surface area (Å²) in [6.07, 6.45) is -3.74. The minimum Gasteiger partial charge on any atom is -0.368 e. The third-order valence-electron chi connectivity index (χ3n) is 4.59. The van der Waals surface area contributed by atoms with Gasteiger partial charge in [-0.1, -0.05) is 12.1 Å². The van der Waals surface area contributed by atoms with Crippen LogP contribution in [0.2, 0.25) is 0 Å². The minimum absolute atomic E-state index is 0.0555. The molecule has 0 bridgehead atoms. The number of aromatic nitrogens is 2. The Morgan fingerprint density at radius 3 is 2.73 bits per heavy atom. The summed E-state index contributed by atoms with van der Waals surface area (Å²) < 4.78 is 40.2. The highest BCUT2D eigenvalue weighted by atomic mass is 19.4. The molecule has 0 saturated carbocycles. The van der Waals surface area contributed by atoms with Crippen molar-refractivity contribution in [3.05, 3.63) is 40.4 Å². The van der Waals surface area contributed by atoms with Crippen molar-refractivity contribution < 1.29 is 18.0 Å². The molecule has 6 nitrogen and oxygen atoms in total. The van der Waals surface area contributed by atoms with E-state index >= 15 is 0 Å². The lowest BCUT2D eigenvalue weighted by Crippen LogP contribution is -2.42. The van der Waals surface area contributed by atoms with Crippen molar-refractivity contribution >= 4 is 16.8 Å². The van der Waals surface area contributed by atoms with Gasteiger partial charge >= 0.3 is 6.18 Å². The predicted molar refractivity (Wildman–Crippen MR) is 89.3 cm³/mol. The Labute approximate surface area is 147 Å². The molecule has 0 spiro atoms. The molecule has 3 rings (SSSR count). The van der Waals surface area contributed by atoms with Crippen molar-refractivity contribution in [3.8, 4) is 0 Å². The van der Waals surface area contributed by atoms with Crippen molar-refractivity contribution in [1.29, 1.82) is 0 Å². The molecule has 26 heavy (non-hydrogen) atoms. The first kappa shape index (κ1) is 18.4. The largest absolute Gasteiger partial charge is 0.393 e. The number of nitrogens with zero attached hydrogens (tertiary/aromatic N) is 3. The second-order valence-corrected chi connectivity index (χ2v) is 6.52. The van der Waals surface area contributed by atoms with E-state index in [-0.39, 0.29) is 31.9 Å². The highest BCUT2D eigenvalue weighted by Crippen LogP contribution is 2.33. The first-order chi connectivity index (χ1) is 12.3. The maximum atomic E-state index is 13.0. The Morgan fingerprint density at radius 2 is 2.04 bits per heavy atom. The van der Waals surface area contributed by atoms with E-state index in [4.69, 9.17) is 5.73 Å². The molecular formula is C17H19F3N4O2. The summed E-state index contributed by atoms with van der Waals surface area (Å²) in [6.45, 7) is 0.0249. The van der Waals surface area contributed by atoms with E-state index in [2.05, 4.69) is 4.98 Å². The zero-order chi connectivity index (χ0) is 18.9. The number of primary amides is 1. The normalized spacial score (nSPS) is 19.0. The molecule has 9 heteroatoms. The van der Waals surface area contributed by atoms with Crippen LogP contribution in [0.5, 0.6) is 0 Å². The fraction of sp³-hybridized carbons (Fsp3) is 0.471. The molecule has 0 radical (unpaired) electrons. The predicted octanol–water partition coefficient (Wildman–Crippen LogP) is 1.66. The van der Waals surface area contributed by atoms with Crippen LogP contribution >= 0.6 is 0 Å². The van der Waals surface area contributed by atoms with Gasteiger partial charge in [0, 0.05) is 6.54 Å². The first-order valence-electron chi connectivity index (χ1n) is 8.31. The number of rotatable bonds is 4. The number of carbonyl (C=O) groups is 1. The number of fused-ring (bicyclic) bond motifs is 1. The smallest absolute Gasteiger partial charge is 0.368 e. The molecule has 2 N–H and O–H groups in total. The summed E-state index contributed by atoms with van der Waals surface area (Å²) in [7, 11) is 0. The molecule has 1 aromatic carbocycles. The van der Waals surface area contributed by atoms with Gasteiger partial charge in [0.15, 0.2) is 0 Å². The number of nitrogens with two attached hydrogens (primary N) is 1. The van der Waals surface area contributed by atoms with E-state index in [9.17, 15) is 22.8 Å². The van der Waals surface area contributed by atoms with Crippen LogP contribution in [-0.4, -0.2) is 39.6 Å². The lowest BCUT2D eigenvalue weighted by molar-refractivity contribution is -0.187. The van der Waals surface area contributed by atoms with E-state index in [1.54, 1.807) is 29.2 Å². The van der Waals surface area contributed by atoms with Crippen molar-refractivity contribution in [2.75, 3.05) is 13.1 Å². The third kappa shape index (κ3) is 3.87. The number of halogens is 3. The number of piperidine rings is 1. The number of alkyl halides is 3. The van der Waals surface area contributed by atoms with Gasteiger partial charge in [-0.3, -0.25) is 19.1 Å². The summed E-state index contributed by atoms with van der Waals surface area (Å²) in [6, 6.07) is 6.64. The number of benzene rings is 1.